The highest BCUT2D eigenvalue weighted by Crippen LogP contribution is 2.19. The molecule has 3 heterocycles. The molecule has 0 aliphatic carbocycles. The zero-order valence-electron chi connectivity index (χ0n) is 10.7. The molecule has 0 unspecified atom stereocenters. The van der Waals surface area contributed by atoms with Crippen molar-refractivity contribution < 1.29 is 4.79 Å². The van der Waals surface area contributed by atoms with E-state index in [9.17, 15) is 9.59 Å². The summed E-state index contributed by atoms with van der Waals surface area (Å²) >= 11 is 0. The van der Waals surface area contributed by atoms with Crippen LogP contribution in [0.15, 0.2) is 23.4 Å². The fraction of sp³-hybridized carbons (Fsp3) is 0.308. The second kappa shape index (κ2) is 4.84. The van der Waals surface area contributed by atoms with Crippen LogP contribution in [0.4, 0.5) is 0 Å². The molecule has 1 amide bonds. The number of amides is 1. The normalized spacial score (nSPS) is 13.8. The van der Waals surface area contributed by atoms with Gasteiger partial charge in [-0.25, -0.2) is 15.0 Å². The average Bonchev–Trinajstić information content (AvgIpc) is 2.47. The molecule has 1 aliphatic heterocycles. The molecule has 0 spiro atoms. The summed E-state index contributed by atoms with van der Waals surface area (Å²) in [5.74, 6) is -0.100. The van der Waals surface area contributed by atoms with Gasteiger partial charge in [-0.1, -0.05) is 0 Å². The Labute approximate surface area is 114 Å². The summed E-state index contributed by atoms with van der Waals surface area (Å²) in [4.78, 5) is 36.4. The molecular formula is C13H13N5O2. The molecule has 7 nitrogen and oxygen atoms in total. The zero-order valence-corrected chi connectivity index (χ0v) is 10.7. The first-order chi connectivity index (χ1) is 9.68. The lowest BCUT2D eigenvalue weighted by atomic mass is 10.1. The van der Waals surface area contributed by atoms with E-state index in [0.29, 0.717) is 24.5 Å². The topological polar surface area (TPSA) is 104 Å². The molecule has 0 radical (unpaired) electrons. The van der Waals surface area contributed by atoms with Gasteiger partial charge in [0.2, 0.25) is 0 Å². The number of aryl methyl sites for hydroxylation is 1. The Morgan fingerprint density at radius 3 is 2.90 bits per heavy atom. The number of rotatable bonds is 2. The molecule has 2 aromatic heterocycles. The van der Waals surface area contributed by atoms with Crippen molar-refractivity contribution in [2.45, 2.75) is 25.8 Å². The molecule has 2 aromatic rings. The Morgan fingerprint density at radius 1 is 1.35 bits per heavy atom. The molecule has 20 heavy (non-hydrogen) atoms. The van der Waals surface area contributed by atoms with E-state index in [-0.39, 0.29) is 16.8 Å². The van der Waals surface area contributed by atoms with Crippen molar-refractivity contribution in [2.24, 2.45) is 5.73 Å². The number of primary amides is 1. The molecule has 0 aromatic carbocycles. The van der Waals surface area contributed by atoms with Crippen LogP contribution in [0, 0.1) is 0 Å². The molecule has 3 rings (SSSR count). The van der Waals surface area contributed by atoms with Crippen molar-refractivity contribution >= 4 is 5.91 Å². The van der Waals surface area contributed by atoms with E-state index in [1.807, 2.05) is 0 Å². The lowest BCUT2D eigenvalue weighted by Crippen LogP contribution is -2.35. The van der Waals surface area contributed by atoms with E-state index in [4.69, 9.17) is 5.73 Å². The summed E-state index contributed by atoms with van der Waals surface area (Å²) in [6.45, 7) is 0.575. The van der Waals surface area contributed by atoms with Crippen molar-refractivity contribution in [2.75, 3.05) is 0 Å². The molecule has 0 atom stereocenters. The van der Waals surface area contributed by atoms with Crippen LogP contribution in [0.5, 0.6) is 0 Å². The van der Waals surface area contributed by atoms with E-state index < -0.39 is 5.91 Å². The second-order valence-electron chi connectivity index (χ2n) is 4.62. The smallest absolute Gasteiger partial charge is 0.267 e. The molecule has 102 valence electrons. The Balaban J connectivity index is 2.31. The lowest BCUT2D eigenvalue weighted by molar-refractivity contribution is 0.0998. The molecule has 0 fully saturated rings. The Hall–Kier alpha value is -2.57. The van der Waals surface area contributed by atoms with Crippen LogP contribution in [-0.4, -0.2) is 25.4 Å². The van der Waals surface area contributed by atoms with Gasteiger partial charge in [0.25, 0.3) is 11.5 Å². The summed E-state index contributed by atoms with van der Waals surface area (Å²) in [7, 11) is 0. The monoisotopic (exact) mass is 271 g/mol. The molecule has 2 N–H and O–H groups in total. The minimum Gasteiger partial charge on any atom is -0.365 e. The standard InChI is InChI=1S/C13H13N5O2/c14-12(19)10-11(8-4-5-15-7-16-8)17-9-3-1-2-6-18(9)13(10)20/h4-5,7H,1-3,6H2,(H2,14,19). The minimum atomic E-state index is -0.781. The second-order valence-corrected chi connectivity index (χ2v) is 4.62. The van der Waals surface area contributed by atoms with Crippen LogP contribution in [0.2, 0.25) is 0 Å². The molecular weight excluding hydrogens is 258 g/mol. The van der Waals surface area contributed by atoms with Gasteiger partial charge in [0, 0.05) is 19.2 Å². The average molecular weight is 271 g/mol. The summed E-state index contributed by atoms with van der Waals surface area (Å²) in [5.41, 5.74) is 5.55. The van der Waals surface area contributed by atoms with Crippen LogP contribution < -0.4 is 11.3 Å². The third kappa shape index (κ3) is 1.97. The van der Waals surface area contributed by atoms with Crippen LogP contribution in [0.25, 0.3) is 11.4 Å². The van der Waals surface area contributed by atoms with Crippen LogP contribution >= 0.6 is 0 Å². The number of aromatic nitrogens is 4. The predicted octanol–water partition coefficient (Wildman–Crippen LogP) is 0.135. The third-order valence-corrected chi connectivity index (χ3v) is 3.35. The Morgan fingerprint density at radius 2 is 2.20 bits per heavy atom. The van der Waals surface area contributed by atoms with Gasteiger partial charge in [0.1, 0.15) is 23.4 Å². The maximum absolute atomic E-state index is 12.4. The fourth-order valence-electron chi connectivity index (χ4n) is 2.41. The van der Waals surface area contributed by atoms with Gasteiger partial charge < -0.3 is 5.73 Å². The molecule has 7 heteroatoms. The van der Waals surface area contributed by atoms with E-state index in [1.54, 1.807) is 6.07 Å². The van der Waals surface area contributed by atoms with Crippen LogP contribution in [-0.2, 0) is 13.0 Å². The molecule has 0 saturated carbocycles. The summed E-state index contributed by atoms with van der Waals surface area (Å²) in [5, 5.41) is 0. The van der Waals surface area contributed by atoms with Gasteiger partial charge in [-0.15, -0.1) is 0 Å². The van der Waals surface area contributed by atoms with E-state index in [0.717, 1.165) is 12.8 Å². The number of hydrogen-bond donors (Lipinski definition) is 1. The number of carbonyl (C=O) groups is 1. The van der Waals surface area contributed by atoms with Crippen molar-refractivity contribution in [3.05, 3.63) is 40.3 Å². The van der Waals surface area contributed by atoms with Crippen molar-refractivity contribution in [3.8, 4) is 11.4 Å². The summed E-state index contributed by atoms with van der Waals surface area (Å²) in [6, 6.07) is 1.61. The maximum atomic E-state index is 12.4. The third-order valence-electron chi connectivity index (χ3n) is 3.35. The van der Waals surface area contributed by atoms with Gasteiger partial charge in [0.15, 0.2) is 0 Å². The largest absolute Gasteiger partial charge is 0.365 e. The predicted molar refractivity (Wildman–Crippen MR) is 71.0 cm³/mol. The molecule has 1 aliphatic rings. The highest BCUT2D eigenvalue weighted by molar-refractivity contribution is 5.98. The van der Waals surface area contributed by atoms with Gasteiger partial charge in [-0.3, -0.25) is 14.2 Å². The van der Waals surface area contributed by atoms with Crippen LogP contribution in [0.3, 0.4) is 0 Å². The first kappa shape index (κ1) is 12.5. The molecule has 0 bridgehead atoms. The number of nitrogens with two attached hydrogens (primary N) is 1. The van der Waals surface area contributed by atoms with E-state index in [2.05, 4.69) is 15.0 Å². The minimum absolute atomic E-state index is 0.102. The Kier molecular flexibility index (Phi) is 3.02. The number of fused-ring (bicyclic) bond motifs is 1. The molecule has 0 saturated heterocycles. The van der Waals surface area contributed by atoms with Crippen molar-refractivity contribution in [1.82, 2.24) is 19.5 Å². The SMILES string of the molecule is NC(=O)c1c(-c2ccncn2)nc2n(c1=O)CCCC2. The highest BCUT2D eigenvalue weighted by Gasteiger charge is 2.23. The summed E-state index contributed by atoms with van der Waals surface area (Å²) < 4.78 is 1.54. The zero-order chi connectivity index (χ0) is 14.1. The van der Waals surface area contributed by atoms with E-state index in [1.165, 1.54) is 17.1 Å². The Bertz CT molecular complexity index is 724. The van der Waals surface area contributed by atoms with Gasteiger partial charge in [-0.2, -0.15) is 0 Å². The van der Waals surface area contributed by atoms with Crippen molar-refractivity contribution in [3.63, 3.8) is 0 Å². The quantitative estimate of drug-likeness (QED) is 0.836. The highest BCUT2D eigenvalue weighted by atomic mass is 16.2. The maximum Gasteiger partial charge on any atom is 0.267 e. The lowest BCUT2D eigenvalue weighted by Gasteiger charge is -2.19. The van der Waals surface area contributed by atoms with Crippen LogP contribution in [0.1, 0.15) is 29.0 Å². The van der Waals surface area contributed by atoms with Gasteiger partial charge in [0.05, 0.1) is 5.69 Å². The van der Waals surface area contributed by atoms with Gasteiger partial charge >= 0.3 is 0 Å². The fourth-order valence-corrected chi connectivity index (χ4v) is 2.41. The van der Waals surface area contributed by atoms with Gasteiger partial charge in [-0.05, 0) is 18.9 Å². The first-order valence-corrected chi connectivity index (χ1v) is 6.38. The number of carbonyl (C=O) groups excluding carboxylic acids is 1. The summed E-state index contributed by atoms with van der Waals surface area (Å²) in [6.07, 6.45) is 5.47. The first-order valence-electron chi connectivity index (χ1n) is 6.38. The number of hydrogen-bond acceptors (Lipinski definition) is 5. The van der Waals surface area contributed by atoms with Crippen molar-refractivity contribution in [1.29, 1.82) is 0 Å². The van der Waals surface area contributed by atoms with E-state index >= 15 is 0 Å². The number of nitrogens with zero attached hydrogens (tertiary/aromatic N) is 4.